The van der Waals surface area contributed by atoms with Crippen LogP contribution in [0.1, 0.15) is 25.0 Å². The molecule has 2 atom stereocenters. The highest BCUT2D eigenvalue weighted by Crippen LogP contribution is 2.40. The number of fused-ring (bicyclic) bond motifs is 2. The lowest BCUT2D eigenvalue weighted by Gasteiger charge is -2.24. The third kappa shape index (κ3) is 3.01. The first-order valence-electron chi connectivity index (χ1n) is 7.41. The minimum Gasteiger partial charge on any atom is -0.447 e. The average molecular weight is 314 g/mol. The molecule has 1 aromatic heterocycles. The van der Waals surface area contributed by atoms with E-state index in [4.69, 9.17) is 9.15 Å². The summed E-state index contributed by atoms with van der Waals surface area (Å²) >= 11 is 0. The molecular formula is C14H22N2O4S. The third-order valence-corrected chi connectivity index (χ3v) is 6.13. The van der Waals surface area contributed by atoms with Crippen molar-refractivity contribution in [3.63, 3.8) is 0 Å². The van der Waals surface area contributed by atoms with Crippen LogP contribution in [0.3, 0.4) is 0 Å². The van der Waals surface area contributed by atoms with Crippen LogP contribution < -0.4 is 5.32 Å². The maximum atomic E-state index is 12.6. The van der Waals surface area contributed by atoms with E-state index >= 15 is 0 Å². The number of ether oxygens (including phenoxy) is 1. The molecule has 0 spiro atoms. The molecule has 1 N–H and O–H groups in total. The average Bonchev–Trinajstić information content (AvgIpc) is 3.19. The first-order valence-corrected chi connectivity index (χ1v) is 8.85. The molecule has 2 fully saturated rings. The summed E-state index contributed by atoms with van der Waals surface area (Å²) in [5, 5.41) is 3.20. The molecule has 6 nitrogen and oxygen atoms in total. The van der Waals surface area contributed by atoms with Crippen molar-refractivity contribution >= 4 is 10.0 Å². The minimum atomic E-state index is -3.47. The van der Waals surface area contributed by atoms with Crippen LogP contribution in [0, 0.1) is 5.92 Å². The highest BCUT2D eigenvalue weighted by molar-refractivity contribution is 7.89. The van der Waals surface area contributed by atoms with Crippen molar-refractivity contribution in [3.8, 4) is 0 Å². The van der Waals surface area contributed by atoms with Crippen LogP contribution in [0.5, 0.6) is 0 Å². The Morgan fingerprint density at radius 2 is 2.29 bits per heavy atom. The summed E-state index contributed by atoms with van der Waals surface area (Å²) < 4.78 is 37.3. The van der Waals surface area contributed by atoms with Gasteiger partial charge in [-0.1, -0.05) is 0 Å². The quantitative estimate of drug-likeness (QED) is 0.765. The number of piperidine rings is 1. The van der Waals surface area contributed by atoms with Crippen LogP contribution in [-0.4, -0.2) is 45.6 Å². The number of furan rings is 1. The molecule has 118 valence electrons. The van der Waals surface area contributed by atoms with Gasteiger partial charge in [-0.15, -0.1) is 0 Å². The van der Waals surface area contributed by atoms with E-state index in [1.165, 1.54) is 0 Å². The SMILES string of the molecule is COCCNCc1ccc(S(=O)(=O)N2CC3CCC2C3)o1. The lowest BCUT2D eigenvalue weighted by molar-refractivity contribution is 0.198. The van der Waals surface area contributed by atoms with Crippen molar-refractivity contribution in [2.75, 3.05) is 26.8 Å². The summed E-state index contributed by atoms with van der Waals surface area (Å²) in [4.78, 5) is 0. The van der Waals surface area contributed by atoms with E-state index in [9.17, 15) is 8.42 Å². The summed E-state index contributed by atoms with van der Waals surface area (Å²) in [6, 6.07) is 3.46. The minimum absolute atomic E-state index is 0.0681. The van der Waals surface area contributed by atoms with Gasteiger partial charge in [0.1, 0.15) is 5.76 Å². The predicted molar refractivity (Wildman–Crippen MR) is 77.3 cm³/mol. The molecule has 0 aromatic carbocycles. The van der Waals surface area contributed by atoms with Gasteiger partial charge in [-0.2, -0.15) is 4.31 Å². The van der Waals surface area contributed by atoms with E-state index in [-0.39, 0.29) is 11.1 Å². The zero-order valence-corrected chi connectivity index (χ0v) is 13.1. The van der Waals surface area contributed by atoms with Crippen molar-refractivity contribution in [2.24, 2.45) is 5.92 Å². The third-order valence-electron chi connectivity index (χ3n) is 4.34. The van der Waals surface area contributed by atoms with Gasteiger partial charge in [0, 0.05) is 26.2 Å². The highest BCUT2D eigenvalue weighted by Gasteiger charge is 2.45. The Bertz CT molecular complexity index is 584. The molecule has 0 amide bonds. The highest BCUT2D eigenvalue weighted by atomic mass is 32.2. The van der Waals surface area contributed by atoms with E-state index in [1.54, 1.807) is 23.5 Å². The lowest BCUT2D eigenvalue weighted by Crippen LogP contribution is -2.37. The van der Waals surface area contributed by atoms with Gasteiger partial charge >= 0.3 is 0 Å². The largest absolute Gasteiger partial charge is 0.447 e. The number of methoxy groups -OCH3 is 1. The fourth-order valence-electron chi connectivity index (χ4n) is 3.27. The molecule has 7 heteroatoms. The van der Waals surface area contributed by atoms with Gasteiger partial charge in [0.25, 0.3) is 10.0 Å². The molecule has 1 aromatic rings. The fourth-order valence-corrected chi connectivity index (χ4v) is 4.94. The maximum absolute atomic E-state index is 12.6. The number of hydrogen-bond donors (Lipinski definition) is 1. The van der Waals surface area contributed by atoms with E-state index < -0.39 is 10.0 Å². The Hall–Kier alpha value is -0.890. The smallest absolute Gasteiger partial charge is 0.276 e. The normalized spacial score (nSPS) is 25.8. The lowest BCUT2D eigenvalue weighted by atomic mass is 10.1. The van der Waals surface area contributed by atoms with Crippen LogP contribution in [-0.2, 0) is 21.3 Å². The molecule has 2 aliphatic rings. The van der Waals surface area contributed by atoms with Crippen LogP contribution >= 0.6 is 0 Å². The Morgan fingerprint density at radius 1 is 1.43 bits per heavy atom. The second-order valence-electron chi connectivity index (χ2n) is 5.80. The first-order chi connectivity index (χ1) is 10.1. The standard InChI is InChI=1S/C14H22N2O4S/c1-19-7-6-15-9-13-4-5-14(20-13)21(17,18)16-10-11-2-3-12(16)8-11/h4-5,11-12,15H,2-3,6-10H2,1H3. The first kappa shape index (κ1) is 15.0. The Morgan fingerprint density at radius 3 is 2.95 bits per heavy atom. The molecule has 2 unspecified atom stereocenters. The number of sulfonamides is 1. The van der Waals surface area contributed by atoms with Crippen LogP contribution in [0.2, 0.25) is 0 Å². The molecule has 3 rings (SSSR count). The van der Waals surface area contributed by atoms with E-state index in [1.807, 2.05) is 0 Å². The number of nitrogens with one attached hydrogen (secondary N) is 1. The monoisotopic (exact) mass is 314 g/mol. The molecule has 1 saturated carbocycles. The zero-order valence-electron chi connectivity index (χ0n) is 12.2. The van der Waals surface area contributed by atoms with Gasteiger partial charge in [0.2, 0.25) is 5.09 Å². The summed E-state index contributed by atoms with van der Waals surface area (Å²) in [6.07, 6.45) is 3.14. The van der Waals surface area contributed by atoms with Gasteiger partial charge in [-0.25, -0.2) is 8.42 Å². The Labute approximate surface area is 125 Å². The summed E-state index contributed by atoms with van der Waals surface area (Å²) in [5.41, 5.74) is 0. The van der Waals surface area contributed by atoms with Crippen LogP contribution in [0.4, 0.5) is 0 Å². The van der Waals surface area contributed by atoms with Crippen molar-refractivity contribution in [1.29, 1.82) is 0 Å². The predicted octanol–water partition coefficient (Wildman–Crippen LogP) is 1.19. The van der Waals surface area contributed by atoms with Crippen molar-refractivity contribution in [2.45, 2.75) is 36.9 Å². The summed E-state index contributed by atoms with van der Waals surface area (Å²) in [7, 11) is -1.83. The van der Waals surface area contributed by atoms with Gasteiger partial charge in [0.05, 0.1) is 13.2 Å². The molecule has 1 saturated heterocycles. The molecule has 2 heterocycles. The van der Waals surface area contributed by atoms with Crippen molar-refractivity contribution < 1.29 is 17.6 Å². The van der Waals surface area contributed by atoms with Gasteiger partial charge in [-0.3, -0.25) is 0 Å². The summed E-state index contributed by atoms with van der Waals surface area (Å²) in [6.45, 7) is 2.47. The van der Waals surface area contributed by atoms with Crippen LogP contribution in [0.15, 0.2) is 21.6 Å². The van der Waals surface area contributed by atoms with E-state index in [0.717, 1.165) is 19.3 Å². The van der Waals surface area contributed by atoms with Crippen LogP contribution in [0.25, 0.3) is 0 Å². The van der Waals surface area contributed by atoms with Gasteiger partial charge in [-0.05, 0) is 37.3 Å². The second kappa shape index (κ2) is 6.08. The Kier molecular flexibility index (Phi) is 4.35. The van der Waals surface area contributed by atoms with E-state index in [0.29, 0.717) is 37.9 Å². The maximum Gasteiger partial charge on any atom is 0.276 e. The van der Waals surface area contributed by atoms with Gasteiger partial charge in [0.15, 0.2) is 0 Å². The molecule has 1 aliphatic heterocycles. The molecule has 2 bridgehead atoms. The Balaban J connectivity index is 1.65. The fraction of sp³-hybridized carbons (Fsp3) is 0.714. The summed E-state index contributed by atoms with van der Waals surface area (Å²) in [5.74, 6) is 1.17. The molecule has 21 heavy (non-hydrogen) atoms. The van der Waals surface area contributed by atoms with Crippen molar-refractivity contribution in [3.05, 3.63) is 17.9 Å². The second-order valence-corrected chi connectivity index (χ2v) is 7.62. The topological polar surface area (TPSA) is 71.8 Å². The molecule has 1 aliphatic carbocycles. The molecular weight excluding hydrogens is 292 g/mol. The van der Waals surface area contributed by atoms with Gasteiger partial charge < -0.3 is 14.5 Å². The van der Waals surface area contributed by atoms with Crippen molar-refractivity contribution in [1.82, 2.24) is 9.62 Å². The number of rotatable bonds is 7. The zero-order chi connectivity index (χ0) is 14.9. The molecule has 0 radical (unpaired) electrons. The number of hydrogen-bond acceptors (Lipinski definition) is 5. The number of nitrogens with zero attached hydrogens (tertiary/aromatic N) is 1. The van der Waals surface area contributed by atoms with E-state index in [2.05, 4.69) is 5.32 Å².